The summed E-state index contributed by atoms with van der Waals surface area (Å²) in [6, 6.07) is 22.1. The average Bonchev–Trinajstić information content (AvgIpc) is 1.87. The van der Waals surface area contributed by atoms with Gasteiger partial charge in [0, 0.05) is 55.7 Å². The smallest absolute Gasteiger partial charge is 0.412 e. The molecule has 0 saturated carbocycles. The zero-order valence-electron chi connectivity index (χ0n) is 49.8. The first-order chi connectivity index (χ1) is 40.6. The van der Waals surface area contributed by atoms with Gasteiger partial charge in [-0.1, -0.05) is 42.5 Å². The molecular formula is C65H80F2N8O10. The number of halogens is 2. The Balaban J connectivity index is 0.000000169. The van der Waals surface area contributed by atoms with Gasteiger partial charge in [0.1, 0.15) is 37.8 Å². The Kier molecular flexibility index (Phi) is 15.8. The van der Waals surface area contributed by atoms with E-state index in [1.165, 1.54) is 4.90 Å². The third-order valence-corrected chi connectivity index (χ3v) is 18.7. The van der Waals surface area contributed by atoms with E-state index in [9.17, 15) is 28.3 Å². The van der Waals surface area contributed by atoms with Crippen molar-refractivity contribution < 1.29 is 51.9 Å². The number of carbonyl (C=O) groups is 2. The van der Waals surface area contributed by atoms with E-state index < -0.39 is 46.9 Å². The van der Waals surface area contributed by atoms with Crippen LogP contribution in [0.2, 0.25) is 0 Å². The zero-order valence-corrected chi connectivity index (χ0v) is 49.8. The molecule has 0 bridgehead atoms. The SMILES string of the molecule is CC(C)(C)N(C(=O)O)c1ccc2c(c1)C1(CCC2)Cc2nc(OC[C@@]34CCCN3C[C@H](F)C4)nc(OCc3ccccc3)c2CO1.CC(C)(C)OC(=O)Nc1ccc2c(c1)C1(CCC2)Cc2nc(OC[C@@]34CCCN3C[C@H](F)C4)[nH]c(=O)c2CO1. The highest BCUT2D eigenvalue weighted by molar-refractivity contribution is 5.88. The fraction of sp³-hybridized carbons (Fsp3) is 0.569. The molecule has 20 heteroatoms. The first-order valence-corrected chi connectivity index (χ1v) is 30.4. The number of fused-ring (bicyclic) bond motifs is 8. The average molecular weight is 1170 g/mol. The summed E-state index contributed by atoms with van der Waals surface area (Å²) in [6.45, 7) is 15.2. The van der Waals surface area contributed by atoms with E-state index in [0.29, 0.717) is 87.1 Å². The monoisotopic (exact) mass is 1170 g/mol. The van der Waals surface area contributed by atoms with Crippen molar-refractivity contribution in [3.63, 3.8) is 0 Å². The Morgan fingerprint density at radius 1 is 0.741 bits per heavy atom. The Morgan fingerprint density at radius 3 is 1.96 bits per heavy atom. The Morgan fingerprint density at radius 2 is 1.34 bits per heavy atom. The third-order valence-electron chi connectivity index (χ3n) is 18.7. The van der Waals surface area contributed by atoms with Crippen molar-refractivity contribution in [2.75, 3.05) is 49.6 Å². The number of anilines is 2. The molecule has 2 amide bonds. The van der Waals surface area contributed by atoms with Gasteiger partial charge in [0.15, 0.2) is 0 Å². The van der Waals surface area contributed by atoms with Crippen molar-refractivity contribution in [2.24, 2.45) is 0 Å². The first kappa shape index (κ1) is 58.6. The number of hydrogen-bond acceptors (Lipinski definition) is 14. The number of ether oxygens (including phenoxy) is 6. The van der Waals surface area contributed by atoms with Crippen molar-refractivity contribution >= 4 is 23.6 Å². The van der Waals surface area contributed by atoms with Crippen LogP contribution in [0.1, 0.15) is 156 Å². The predicted molar refractivity (Wildman–Crippen MR) is 314 cm³/mol. The molecule has 3 aromatic carbocycles. The van der Waals surface area contributed by atoms with Crippen LogP contribution in [-0.4, -0.2) is 121 Å². The zero-order chi connectivity index (χ0) is 59.5. The highest BCUT2D eigenvalue weighted by Gasteiger charge is 2.52. The molecule has 13 rings (SSSR count). The Hall–Kier alpha value is -6.74. The molecule has 2 aliphatic carbocycles. The molecule has 2 spiro atoms. The van der Waals surface area contributed by atoms with E-state index >= 15 is 0 Å². The number of rotatable bonds is 11. The molecule has 6 atom stereocenters. The molecule has 8 heterocycles. The highest BCUT2D eigenvalue weighted by atomic mass is 19.1. The molecule has 4 fully saturated rings. The molecule has 8 aliphatic rings. The van der Waals surface area contributed by atoms with Crippen molar-refractivity contribution in [1.82, 2.24) is 29.7 Å². The largest absolute Gasteiger partial charge is 0.472 e. The minimum absolute atomic E-state index is 0.141. The van der Waals surface area contributed by atoms with Crippen LogP contribution in [0.15, 0.2) is 71.5 Å². The van der Waals surface area contributed by atoms with Crippen LogP contribution in [0, 0.1) is 0 Å². The number of H-pyrrole nitrogens is 1. The van der Waals surface area contributed by atoms with Gasteiger partial charge in [-0.05, 0) is 171 Å². The molecule has 454 valence electrons. The number of hydrogen-bond donors (Lipinski definition) is 3. The van der Waals surface area contributed by atoms with Crippen LogP contribution in [0.4, 0.5) is 29.7 Å². The first-order valence-electron chi connectivity index (χ1n) is 30.4. The Bertz CT molecular complexity index is 3390. The van der Waals surface area contributed by atoms with Crippen LogP contribution >= 0.6 is 0 Å². The Labute approximate surface area is 495 Å². The molecule has 5 aromatic rings. The number of benzene rings is 3. The van der Waals surface area contributed by atoms with E-state index in [0.717, 1.165) is 116 Å². The topological polar surface area (TPSA) is 203 Å². The molecular weight excluding hydrogens is 1090 g/mol. The van der Waals surface area contributed by atoms with Gasteiger partial charge in [0.05, 0.1) is 58.0 Å². The number of nitrogens with one attached hydrogen (secondary N) is 2. The van der Waals surface area contributed by atoms with Crippen molar-refractivity contribution in [2.45, 2.75) is 197 Å². The maximum Gasteiger partial charge on any atom is 0.412 e. The normalized spacial score (nSPS) is 26.7. The summed E-state index contributed by atoms with van der Waals surface area (Å²) < 4.78 is 66.0. The minimum atomic E-state index is -0.997. The fourth-order valence-corrected chi connectivity index (χ4v) is 14.8. The number of aryl methyl sites for hydroxylation is 2. The maximum absolute atomic E-state index is 14.5. The van der Waals surface area contributed by atoms with Gasteiger partial charge >= 0.3 is 18.2 Å². The number of amides is 2. The summed E-state index contributed by atoms with van der Waals surface area (Å²) in [7, 11) is 0. The summed E-state index contributed by atoms with van der Waals surface area (Å²) in [5, 5.41) is 13.0. The lowest BCUT2D eigenvalue weighted by Gasteiger charge is -2.43. The molecule has 0 radical (unpaired) electrons. The van der Waals surface area contributed by atoms with Crippen molar-refractivity contribution in [1.29, 1.82) is 0 Å². The lowest BCUT2D eigenvalue weighted by Crippen LogP contribution is -2.46. The lowest BCUT2D eigenvalue weighted by atomic mass is 9.74. The van der Waals surface area contributed by atoms with E-state index in [1.807, 2.05) is 108 Å². The van der Waals surface area contributed by atoms with Gasteiger partial charge < -0.3 is 33.5 Å². The van der Waals surface area contributed by atoms with Gasteiger partial charge in [-0.15, -0.1) is 0 Å². The van der Waals surface area contributed by atoms with Gasteiger partial charge in [-0.25, -0.2) is 23.4 Å². The predicted octanol–water partition coefficient (Wildman–Crippen LogP) is 11.0. The van der Waals surface area contributed by atoms with Gasteiger partial charge in [0.25, 0.3) is 11.6 Å². The fourth-order valence-electron chi connectivity index (χ4n) is 14.8. The number of aromatic nitrogens is 4. The highest BCUT2D eigenvalue weighted by Crippen LogP contribution is 2.49. The van der Waals surface area contributed by atoms with Crippen LogP contribution in [0.5, 0.6) is 17.9 Å². The lowest BCUT2D eigenvalue weighted by molar-refractivity contribution is -0.0867. The standard InChI is InChI=1S/C36H43FN4O5.C29H37FN4O5/c1-34(2,3)41(33(42)43)27-13-12-25-11-7-15-36(29(25)17-27)19-30-28(22-46-36)31(44-21-24-9-5-4-6-10-24)39-32(38-30)45-23-35-14-8-16-40(35)20-26(37)18-35;1-27(2,3)39-26(36)31-20-8-7-18-6-4-10-29(22(18)12-20)14-23-21(16-38-29)24(35)33-25(32-23)37-17-28-9-5-11-34(28)15-19(30)13-28/h4-6,9-10,12-13,17,26H,7-8,11,14-16,18-23H2,1-3H3,(H,42,43);7-8,12,19H,4-6,9-11,13-17H2,1-3H3,(H,31,36)(H,32,33,35)/t26-,35+,36?;19-,28+,29?/m11/s1. The second-order valence-corrected chi connectivity index (χ2v) is 26.8. The van der Waals surface area contributed by atoms with Crippen LogP contribution in [0.25, 0.3) is 0 Å². The summed E-state index contributed by atoms with van der Waals surface area (Å²) >= 11 is 0. The van der Waals surface area contributed by atoms with Gasteiger partial charge in [-0.2, -0.15) is 9.97 Å². The van der Waals surface area contributed by atoms with Crippen LogP contribution in [-0.2, 0) is 70.9 Å². The van der Waals surface area contributed by atoms with E-state index in [2.05, 4.69) is 20.1 Å². The quantitative estimate of drug-likeness (QED) is 0.113. The summed E-state index contributed by atoms with van der Waals surface area (Å²) in [5.74, 6) is 0.434. The number of alkyl halides is 2. The van der Waals surface area contributed by atoms with Gasteiger partial charge in [0.2, 0.25) is 5.88 Å². The molecule has 4 saturated heterocycles. The van der Waals surface area contributed by atoms with E-state index in [-0.39, 0.29) is 41.9 Å². The molecule has 6 aliphatic heterocycles. The number of carbonyl (C=O) groups excluding carboxylic acids is 1. The number of aromatic amines is 1. The second kappa shape index (κ2) is 22.8. The van der Waals surface area contributed by atoms with Crippen molar-refractivity contribution in [3.05, 3.63) is 127 Å². The molecule has 85 heavy (non-hydrogen) atoms. The number of nitrogens with zero attached hydrogens (tertiary/aromatic N) is 6. The second-order valence-electron chi connectivity index (χ2n) is 26.8. The summed E-state index contributed by atoms with van der Waals surface area (Å²) in [6.07, 6.45) is 7.70. The summed E-state index contributed by atoms with van der Waals surface area (Å²) in [5.41, 5.74) is 5.89. The summed E-state index contributed by atoms with van der Waals surface area (Å²) in [4.78, 5) is 60.7. The number of carboxylic acid groups (broad SMARTS) is 1. The molecule has 2 aromatic heterocycles. The van der Waals surface area contributed by atoms with Crippen LogP contribution < -0.4 is 30.0 Å². The third kappa shape index (κ3) is 12.0. The molecule has 3 N–H and O–H groups in total. The van der Waals surface area contributed by atoms with Crippen LogP contribution in [0.3, 0.4) is 0 Å². The van der Waals surface area contributed by atoms with E-state index in [4.69, 9.17) is 43.4 Å². The van der Waals surface area contributed by atoms with E-state index in [1.54, 1.807) is 0 Å². The van der Waals surface area contributed by atoms with Gasteiger partial charge in [-0.3, -0.25) is 29.8 Å². The molecule has 2 unspecified atom stereocenters. The minimum Gasteiger partial charge on any atom is -0.472 e. The maximum atomic E-state index is 14.5. The van der Waals surface area contributed by atoms with Crippen molar-refractivity contribution in [3.8, 4) is 17.9 Å². The molecule has 18 nitrogen and oxygen atoms in total.